The summed E-state index contributed by atoms with van der Waals surface area (Å²) in [5.41, 5.74) is 0. The average molecular weight is 384 g/mol. The van der Waals surface area contributed by atoms with Crippen molar-refractivity contribution in [3.8, 4) is 0 Å². The van der Waals surface area contributed by atoms with Crippen molar-refractivity contribution in [2.75, 3.05) is 4.81 Å². The van der Waals surface area contributed by atoms with Gasteiger partial charge in [-0.1, -0.05) is 0 Å². The van der Waals surface area contributed by atoms with Gasteiger partial charge in [-0.3, -0.25) is 0 Å². The number of aromatic nitrogens is 2. The molecule has 2 heterocycles. The Morgan fingerprint density at radius 1 is 1.33 bits per heavy atom. The Morgan fingerprint density at radius 3 is 2.53 bits per heavy atom. The number of nitrogens with zero attached hydrogens (tertiary/aromatic N) is 4. The van der Waals surface area contributed by atoms with Crippen molar-refractivity contribution < 1.29 is 21.1 Å². The molecule has 4 nitrogen and oxygen atoms in total. The molecule has 0 saturated carbocycles. The van der Waals surface area contributed by atoms with Gasteiger partial charge in [0.05, 0.1) is 0 Å². The Balaban J connectivity index is 0.00000112. The predicted octanol–water partition coefficient (Wildman–Crippen LogP) is 0.953. The summed E-state index contributed by atoms with van der Waals surface area (Å²) in [6, 6.07) is 0.483. The molecule has 1 radical (unpaired) electrons. The molecule has 0 amide bonds. The third kappa shape index (κ3) is 2.46. The summed E-state index contributed by atoms with van der Waals surface area (Å²) in [5, 5.41) is 0. The minimum absolute atomic E-state index is 0. The van der Waals surface area contributed by atoms with Gasteiger partial charge in [-0.05, 0) is 13.8 Å². The van der Waals surface area contributed by atoms with Crippen molar-refractivity contribution in [1.82, 2.24) is 14.4 Å². The molecule has 2 rings (SSSR count). The van der Waals surface area contributed by atoms with E-state index in [4.69, 9.17) is 0 Å². The molecule has 15 heavy (non-hydrogen) atoms. The fourth-order valence-electron chi connectivity index (χ4n) is 1.40. The molecule has 1 aromatic rings. The minimum atomic E-state index is 0. The van der Waals surface area contributed by atoms with Crippen LogP contribution >= 0.6 is 0 Å². The summed E-state index contributed by atoms with van der Waals surface area (Å²) in [4.78, 5) is 8.43. The third-order valence-corrected chi connectivity index (χ3v) is 2.28. The molecule has 0 atom stereocenters. The number of rotatable bonds is 2. The van der Waals surface area contributed by atoms with E-state index in [9.17, 15) is 0 Å². The van der Waals surface area contributed by atoms with Crippen LogP contribution in [0.4, 0.5) is 5.95 Å². The molecule has 83 valence electrons. The average Bonchev–Trinajstić information content (AvgIpc) is 2.71. The molecular formula is C9H14BN4Pt. The number of imidazole rings is 1. The standard InChI is InChI=1S/C9H14BN4.Pt/c1-8(2)13-6-7-14(10-13)9-11-4-5-12(9)3;/h4-8H,1-3H3;. The van der Waals surface area contributed by atoms with Crippen LogP contribution in [0.5, 0.6) is 0 Å². The van der Waals surface area contributed by atoms with Gasteiger partial charge in [0, 0.05) is 58.9 Å². The second-order valence-electron chi connectivity index (χ2n) is 3.70. The van der Waals surface area contributed by atoms with Crippen LogP contribution in [-0.2, 0) is 28.1 Å². The molecule has 0 unspecified atom stereocenters. The van der Waals surface area contributed by atoms with Crippen LogP contribution in [0.1, 0.15) is 13.8 Å². The first-order chi connectivity index (χ1) is 6.68. The van der Waals surface area contributed by atoms with Crippen LogP contribution in [0.25, 0.3) is 0 Å². The van der Waals surface area contributed by atoms with Gasteiger partial charge in [0.2, 0.25) is 0 Å². The summed E-state index contributed by atoms with van der Waals surface area (Å²) >= 11 is 0. The molecule has 6 heteroatoms. The topological polar surface area (TPSA) is 24.3 Å². The largest absolute Gasteiger partial charge is 0.401 e. The van der Waals surface area contributed by atoms with Crippen LogP contribution < -0.4 is 4.81 Å². The van der Waals surface area contributed by atoms with E-state index < -0.39 is 0 Å². The van der Waals surface area contributed by atoms with Crippen molar-refractivity contribution in [3.05, 3.63) is 24.8 Å². The first-order valence-electron chi connectivity index (χ1n) is 4.75. The Labute approximate surface area is 106 Å². The monoisotopic (exact) mass is 384 g/mol. The minimum Gasteiger partial charge on any atom is -0.401 e. The van der Waals surface area contributed by atoms with E-state index in [0.29, 0.717) is 6.04 Å². The zero-order valence-electron chi connectivity index (χ0n) is 9.07. The normalized spacial score (nSPS) is 14.4. The predicted molar refractivity (Wildman–Crippen MR) is 57.6 cm³/mol. The Kier molecular flexibility index (Phi) is 4.03. The third-order valence-electron chi connectivity index (χ3n) is 2.28. The van der Waals surface area contributed by atoms with Gasteiger partial charge in [0.25, 0.3) is 0 Å². The smallest absolute Gasteiger partial charge is 0.398 e. The molecular weight excluding hydrogens is 370 g/mol. The second-order valence-corrected chi connectivity index (χ2v) is 3.70. The van der Waals surface area contributed by atoms with Crippen molar-refractivity contribution in [1.29, 1.82) is 0 Å². The van der Waals surface area contributed by atoms with E-state index in [1.54, 1.807) is 6.20 Å². The van der Waals surface area contributed by atoms with Crippen LogP contribution in [-0.4, -0.2) is 28.0 Å². The van der Waals surface area contributed by atoms with E-state index in [1.807, 2.05) is 36.4 Å². The Morgan fingerprint density at radius 2 is 2.07 bits per heavy atom. The first kappa shape index (κ1) is 12.4. The molecule has 0 aromatic carbocycles. The zero-order chi connectivity index (χ0) is 10.1. The Hall–Kier alpha value is -0.697. The van der Waals surface area contributed by atoms with Crippen molar-refractivity contribution in [3.63, 3.8) is 0 Å². The van der Waals surface area contributed by atoms with Gasteiger partial charge < -0.3 is 14.2 Å². The number of aryl methyl sites for hydroxylation is 1. The molecule has 0 spiro atoms. The van der Waals surface area contributed by atoms with Gasteiger partial charge >= 0.3 is 7.55 Å². The van der Waals surface area contributed by atoms with Crippen molar-refractivity contribution in [2.24, 2.45) is 7.05 Å². The van der Waals surface area contributed by atoms with E-state index >= 15 is 0 Å². The molecule has 1 aliphatic rings. The quantitative estimate of drug-likeness (QED) is 0.711. The molecule has 1 aromatic heterocycles. The van der Waals surface area contributed by atoms with E-state index in [-0.39, 0.29) is 21.1 Å². The fourth-order valence-corrected chi connectivity index (χ4v) is 1.40. The maximum atomic E-state index is 4.27. The summed E-state index contributed by atoms with van der Waals surface area (Å²) < 4.78 is 1.99. The van der Waals surface area contributed by atoms with Crippen molar-refractivity contribution >= 4 is 13.5 Å². The fraction of sp³-hybridized carbons (Fsp3) is 0.444. The molecule has 1 aliphatic heterocycles. The van der Waals surface area contributed by atoms with Gasteiger partial charge in [0.15, 0.2) is 5.95 Å². The van der Waals surface area contributed by atoms with Gasteiger partial charge in [-0.25, -0.2) is 4.98 Å². The first-order valence-corrected chi connectivity index (χ1v) is 4.75. The van der Waals surface area contributed by atoms with Crippen LogP contribution in [0.3, 0.4) is 0 Å². The van der Waals surface area contributed by atoms with Crippen LogP contribution in [0.2, 0.25) is 0 Å². The van der Waals surface area contributed by atoms with Gasteiger partial charge in [0.1, 0.15) is 0 Å². The maximum absolute atomic E-state index is 4.27. The second kappa shape index (κ2) is 4.89. The van der Waals surface area contributed by atoms with Crippen LogP contribution in [0, 0.1) is 0 Å². The van der Waals surface area contributed by atoms with Gasteiger partial charge in [-0.2, -0.15) is 0 Å². The zero-order valence-corrected chi connectivity index (χ0v) is 11.3. The van der Waals surface area contributed by atoms with Crippen molar-refractivity contribution in [2.45, 2.75) is 19.9 Å². The van der Waals surface area contributed by atoms with Crippen LogP contribution in [0.15, 0.2) is 24.8 Å². The molecule has 0 N–H and O–H groups in total. The van der Waals surface area contributed by atoms with E-state index in [1.165, 1.54) is 0 Å². The molecule has 0 fully saturated rings. The number of hydrogen-bond acceptors (Lipinski definition) is 3. The summed E-state index contributed by atoms with van der Waals surface area (Å²) in [5.74, 6) is 0.935. The van der Waals surface area contributed by atoms with Gasteiger partial charge in [-0.15, -0.1) is 0 Å². The number of hydrogen-bond donors (Lipinski definition) is 0. The molecule has 0 aliphatic carbocycles. The number of anilines is 1. The summed E-state index contributed by atoms with van der Waals surface area (Å²) in [6.07, 6.45) is 7.81. The molecule has 0 bridgehead atoms. The molecule has 0 saturated heterocycles. The summed E-state index contributed by atoms with van der Waals surface area (Å²) in [6.45, 7) is 4.31. The summed E-state index contributed by atoms with van der Waals surface area (Å²) in [7, 11) is 4.04. The maximum Gasteiger partial charge on any atom is 0.398 e. The van der Waals surface area contributed by atoms with E-state index in [2.05, 4.69) is 29.8 Å². The SMILES string of the molecule is CC(C)N1[B]N(c2nccn2C)C=C1.[Pt]. The Bertz CT molecular complexity index is 350. The van der Waals surface area contributed by atoms with E-state index in [0.717, 1.165) is 5.95 Å².